The number of hydrogen-bond acceptors (Lipinski definition) is 5. The summed E-state index contributed by atoms with van der Waals surface area (Å²) < 4.78 is 40.0. The number of fused-ring (bicyclic) bond motifs is 1. The zero-order chi connectivity index (χ0) is 27.7. The van der Waals surface area contributed by atoms with Crippen LogP contribution in [0.1, 0.15) is 59.2 Å². The number of anilines is 2. The maximum absolute atomic E-state index is 14.3. The topological polar surface area (TPSA) is 59.6 Å². The van der Waals surface area contributed by atoms with E-state index in [1.54, 1.807) is 0 Å². The first-order valence-corrected chi connectivity index (χ1v) is 13.7. The number of rotatable bonds is 7. The van der Waals surface area contributed by atoms with Gasteiger partial charge in [0.25, 0.3) is 0 Å². The molecule has 2 N–H and O–H groups in total. The molecule has 1 atom stereocenters. The molecule has 0 spiro atoms. The van der Waals surface area contributed by atoms with Crippen molar-refractivity contribution < 1.29 is 23.0 Å². The molecule has 0 aromatic heterocycles. The number of nitrogens with one attached hydrogen (secondary N) is 2. The van der Waals surface area contributed by atoms with Gasteiger partial charge in [-0.05, 0) is 73.6 Å². The van der Waals surface area contributed by atoms with Gasteiger partial charge in [0.05, 0.1) is 30.7 Å². The van der Waals surface area contributed by atoms with Crippen LogP contribution in [-0.2, 0) is 10.4 Å². The Morgan fingerprint density at radius 3 is 2.08 bits per heavy atom. The van der Waals surface area contributed by atoms with Crippen LogP contribution < -0.4 is 15.4 Å². The van der Waals surface area contributed by atoms with Crippen LogP contribution in [0.4, 0.5) is 20.2 Å². The van der Waals surface area contributed by atoms with Crippen molar-refractivity contribution in [3.05, 3.63) is 87.4 Å². The average Bonchev–Trinajstić information content (AvgIpc) is 3.28. The van der Waals surface area contributed by atoms with Gasteiger partial charge < -0.3 is 20.1 Å². The average molecular weight is 555 g/mol. The van der Waals surface area contributed by atoms with Gasteiger partial charge in [-0.1, -0.05) is 43.0 Å². The molecule has 5 rings (SSSR count). The van der Waals surface area contributed by atoms with Crippen LogP contribution in [0.5, 0.6) is 5.75 Å². The first-order chi connectivity index (χ1) is 18.7. The number of aryl methyl sites for hydroxylation is 2. The number of ether oxygens (including phenoxy) is 2. The third kappa shape index (κ3) is 5.29. The van der Waals surface area contributed by atoms with Gasteiger partial charge in [0.1, 0.15) is 11.4 Å². The summed E-state index contributed by atoms with van der Waals surface area (Å²) in [4.78, 5) is 12.2. The van der Waals surface area contributed by atoms with E-state index in [0.29, 0.717) is 34.3 Å². The SMILES string of the molecule is COC(=O)c1c(C)cc(OCC(C2CCCCC2)C2(c3ccc(Cl)cc3)Nc3cc(F)c(F)cc3N2)cc1C. The van der Waals surface area contributed by atoms with Gasteiger partial charge in [-0.15, -0.1) is 0 Å². The second-order valence-electron chi connectivity index (χ2n) is 10.6. The van der Waals surface area contributed by atoms with Gasteiger partial charge in [-0.25, -0.2) is 13.6 Å². The van der Waals surface area contributed by atoms with E-state index in [1.165, 1.54) is 25.7 Å². The van der Waals surface area contributed by atoms with Gasteiger partial charge in [0.2, 0.25) is 0 Å². The number of hydrogen-bond donors (Lipinski definition) is 2. The molecule has 3 aromatic rings. The molecule has 1 aliphatic heterocycles. The summed E-state index contributed by atoms with van der Waals surface area (Å²) in [7, 11) is 1.37. The summed E-state index contributed by atoms with van der Waals surface area (Å²) in [6.45, 7) is 4.06. The maximum Gasteiger partial charge on any atom is 0.338 e. The highest BCUT2D eigenvalue weighted by molar-refractivity contribution is 6.30. The fraction of sp³-hybridized carbons (Fsp3) is 0.387. The van der Waals surface area contributed by atoms with Crippen molar-refractivity contribution in [1.82, 2.24) is 0 Å². The summed E-state index contributed by atoms with van der Waals surface area (Å²) >= 11 is 6.24. The van der Waals surface area contributed by atoms with E-state index in [4.69, 9.17) is 21.1 Å². The maximum atomic E-state index is 14.3. The number of esters is 1. The summed E-state index contributed by atoms with van der Waals surface area (Å²) in [6.07, 6.45) is 5.44. The Labute approximate surface area is 232 Å². The van der Waals surface area contributed by atoms with Crippen molar-refractivity contribution in [3.8, 4) is 5.75 Å². The molecule has 0 bridgehead atoms. The van der Waals surface area contributed by atoms with Gasteiger partial charge in [0.15, 0.2) is 11.6 Å². The van der Waals surface area contributed by atoms with Crippen LogP contribution in [0.15, 0.2) is 48.5 Å². The minimum absolute atomic E-state index is 0.113. The van der Waals surface area contributed by atoms with Gasteiger partial charge >= 0.3 is 5.97 Å². The van der Waals surface area contributed by atoms with Crippen LogP contribution in [0.25, 0.3) is 0 Å². The molecule has 1 unspecified atom stereocenters. The number of carbonyl (C=O) groups excluding carboxylic acids is 1. The Morgan fingerprint density at radius 1 is 0.974 bits per heavy atom. The Bertz CT molecular complexity index is 1320. The van der Waals surface area contributed by atoms with Crippen LogP contribution >= 0.6 is 11.6 Å². The van der Waals surface area contributed by atoms with Crippen molar-refractivity contribution in [3.63, 3.8) is 0 Å². The lowest BCUT2D eigenvalue weighted by molar-refractivity contribution is 0.0599. The lowest BCUT2D eigenvalue weighted by Crippen LogP contribution is -2.51. The Morgan fingerprint density at radius 2 is 1.54 bits per heavy atom. The van der Waals surface area contributed by atoms with Crippen LogP contribution in [0, 0.1) is 37.3 Å². The number of halogens is 3. The molecular weight excluding hydrogens is 522 g/mol. The molecule has 3 aromatic carbocycles. The van der Waals surface area contributed by atoms with E-state index in [0.717, 1.165) is 42.4 Å². The first-order valence-electron chi connectivity index (χ1n) is 13.4. The predicted molar refractivity (Wildman–Crippen MR) is 150 cm³/mol. The zero-order valence-electron chi connectivity index (χ0n) is 22.4. The van der Waals surface area contributed by atoms with Crippen molar-refractivity contribution in [2.45, 2.75) is 51.6 Å². The fourth-order valence-corrected chi connectivity index (χ4v) is 6.36. The Hall–Kier alpha value is -3.32. The normalized spacial score (nSPS) is 17.1. The van der Waals surface area contributed by atoms with Crippen molar-refractivity contribution in [2.24, 2.45) is 11.8 Å². The minimum atomic E-state index is -0.905. The molecule has 1 heterocycles. The highest BCUT2D eigenvalue weighted by Crippen LogP contribution is 2.49. The Balaban J connectivity index is 1.55. The second-order valence-corrected chi connectivity index (χ2v) is 11.1. The number of methoxy groups -OCH3 is 1. The minimum Gasteiger partial charge on any atom is -0.493 e. The highest BCUT2D eigenvalue weighted by Gasteiger charge is 2.49. The quantitative estimate of drug-likeness (QED) is 0.290. The molecule has 0 amide bonds. The smallest absolute Gasteiger partial charge is 0.338 e. The van der Waals surface area contributed by atoms with E-state index in [1.807, 2.05) is 50.2 Å². The highest BCUT2D eigenvalue weighted by atomic mass is 35.5. The Kier molecular flexibility index (Phi) is 7.72. The largest absolute Gasteiger partial charge is 0.493 e. The molecule has 0 radical (unpaired) electrons. The predicted octanol–water partition coefficient (Wildman–Crippen LogP) is 7.99. The van der Waals surface area contributed by atoms with Crippen LogP contribution in [-0.4, -0.2) is 19.7 Å². The monoisotopic (exact) mass is 554 g/mol. The molecule has 206 valence electrons. The summed E-state index contributed by atoms with van der Waals surface area (Å²) in [5.41, 5.74) is 3.09. The first kappa shape index (κ1) is 27.3. The molecule has 1 aliphatic carbocycles. The fourth-order valence-electron chi connectivity index (χ4n) is 6.23. The molecule has 39 heavy (non-hydrogen) atoms. The molecule has 8 heteroatoms. The standard InChI is InChI=1S/C31H33ClF2N2O3/c1-18-13-23(14-19(2)29(18)30(37)38-3)39-17-24(20-7-5-4-6-8-20)31(21-9-11-22(32)12-10-21)35-27-15-25(33)26(34)16-28(27)36-31/h9-16,20,24,35-36H,4-8,17H2,1-3H3. The van der Waals surface area contributed by atoms with Crippen molar-refractivity contribution >= 4 is 28.9 Å². The third-order valence-electron chi connectivity index (χ3n) is 8.12. The van der Waals surface area contributed by atoms with Crippen molar-refractivity contribution in [1.29, 1.82) is 0 Å². The number of benzene rings is 3. The zero-order valence-corrected chi connectivity index (χ0v) is 23.1. The van der Waals surface area contributed by atoms with E-state index < -0.39 is 17.3 Å². The molecule has 1 saturated carbocycles. The van der Waals surface area contributed by atoms with E-state index in [-0.39, 0.29) is 17.8 Å². The van der Waals surface area contributed by atoms with Gasteiger partial charge in [-0.2, -0.15) is 0 Å². The van der Waals surface area contributed by atoms with Gasteiger partial charge in [-0.3, -0.25) is 0 Å². The van der Waals surface area contributed by atoms with Crippen molar-refractivity contribution in [2.75, 3.05) is 24.4 Å². The summed E-state index contributed by atoms with van der Waals surface area (Å²) in [5, 5.41) is 7.68. The molecule has 5 nitrogen and oxygen atoms in total. The lowest BCUT2D eigenvalue weighted by atomic mass is 9.72. The molecular formula is C31H33ClF2N2O3. The van der Waals surface area contributed by atoms with Gasteiger partial charge in [0, 0.05) is 23.1 Å². The summed E-state index contributed by atoms with van der Waals surface area (Å²) in [5.74, 6) is -1.37. The van der Waals surface area contributed by atoms with E-state index >= 15 is 0 Å². The summed E-state index contributed by atoms with van der Waals surface area (Å²) in [6, 6.07) is 13.6. The second kappa shape index (κ2) is 11.0. The molecule has 1 fully saturated rings. The molecule has 0 saturated heterocycles. The number of carbonyl (C=O) groups is 1. The lowest BCUT2D eigenvalue weighted by Gasteiger charge is -2.44. The third-order valence-corrected chi connectivity index (χ3v) is 8.38. The molecule has 2 aliphatic rings. The van der Waals surface area contributed by atoms with E-state index in [2.05, 4.69) is 10.6 Å². The van der Waals surface area contributed by atoms with E-state index in [9.17, 15) is 13.6 Å². The van der Waals surface area contributed by atoms with Crippen LogP contribution in [0.3, 0.4) is 0 Å². The van der Waals surface area contributed by atoms with Crippen LogP contribution in [0.2, 0.25) is 5.02 Å².